The number of amides is 1. The zero-order valence-electron chi connectivity index (χ0n) is 15.0. The summed E-state index contributed by atoms with van der Waals surface area (Å²) in [6.45, 7) is 1.74. The van der Waals surface area contributed by atoms with E-state index in [0.29, 0.717) is 22.6 Å². The number of aromatic nitrogens is 3. The van der Waals surface area contributed by atoms with Crippen LogP contribution in [0.2, 0.25) is 0 Å². The predicted octanol–water partition coefficient (Wildman–Crippen LogP) is 4.97. The van der Waals surface area contributed by atoms with E-state index in [2.05, 4.69) is 15.4 Å². The van der Waals surface area contributed by atoms with Gasteiger partial charge in [0.1, 0.15) is 23.3 Å². The molecule has 1 amide bonds. The highest BCUT2D eigenvalue weighted by Crippen LogP contribution is 2.27. The molecule has 9 heteroatoms. The zero-order chi connectivity index (χ0) is 20.5. The van der Waals surface area contributed by atoms with Crippen molar-refractivity contribution in [3.63, 3.8) is 0 Å². The van der Waals surface area contributed by atoms with E-state index in [0.717, 1.165) is 17.7 Å². The second-order valence-corrected chi connectivity index (χ2v) is 7.02. The van der Waals surface area contributed by atoms with Crippen LogP contribution in [0.3, 0.4) is 0 Å². The SMILES string of the molecule is Cc1cc(NC(=O)c2ccc(F)cc2F)n(-c2nc(-c3ccc(F)cc3)cs2)n1. The molecule has 1 N–H and O–H groups in total. The maximum absolute atomic E-state index is 13.9. The molecule has 0 fully saturated rings. The van der Waals surface area contributed by atoms with Gasteiger partial charge in [-0.05, 0) is 43.3 Å². The standard InChI is InChI=1S/C20H13F3N4OS/c1-11-8-18(25-19(28)15-7-6-14(22)9-16(15)23)27(26-11)20-24-17(10-29-20)12-2-4-13(21)5-3-12/h2-10H,1H3,(H,25,28). The van der Waals surface area contributed by atoms with E-state index in [9.17, 15) is 18.0 Å². The van der Waals surface area contributed by atoms with E-state index in [4.69, 9.17) is 0 Å². The summed E-state index contributed by atoms with van der Waals surface area (Å²) in [7, 11) is 0. The lowest BCUT2D eigenvalue weighted by Gasteiger charge is -2.07. The maximum atomic E-state index is 13.9. The number of thiazole rings is 1. The lowest BCUT2D eigenvalue weighted by molar-refractivity contribution is 0.102. The lowest BCUT2D eigenvalue weighted by atomic mass is 10.2. The first-order valence-corrected chi connectivity index (χ1v) is 9.33. The van der Waals surface area contributed by atoms with Crippen molar-refractivity contribution in [2.75, 3.05) is 5.32 Å². The monoisotopic (exact) mass is 414 g/mol. The molecule has 0 aliphatic heterocycles. The van der Waals surface area contributed by atoms with Gasteiger partial charge in [-0.2, -0.15) is 9.78 Å². The number of anilines is 1. The summed E-state index contributed by atoms with van der Waals surface area (Å²) in [5, 5.41) is 9.15. The summed E-state index contributed by atoms with van der Waals surface area (Å²) >= 11 is 1.28. The minimum atomic E-state index is -0.960. The third-order valence-electron chi connectivity index (χ3n) is 4.06. The van der Waals surface area contributed by atoms with Crippen LogP contribution in [0.4, 0.5) is 19.0 Å². The van der Waals surface area contributed by atoms with Gasteiger partial charge in [-0.25, -0.2) is 18.2 Å². The molecular weight excluding hydrogens is 401 g/mol. The van der Waals surface area contributed by atoms with E-state index < -0.39 is 17.5 Å². The number of hydrogen-bond acceptors (Lipinski definition) is 4. The van der Waals surface area contributed by atoms with Crippen LogP contribution in [-0.4, -0.2) is 20.7 Å². The first-order valence-electron chi connectivity index (χ1n) is 8.45. The van der Waals surface area contributed by atoms with Crippen LogP contribution in [0.25, 0.3) is 16.4 Å². The first-order chi connectivity index (χ1) is 13.9. The zero-order valence-corrected chi connectivity index (χ0v) is 15.8. The highest BCUT2D eigenvalue weighted by atomic mass is 32.1. The lowest BCUT2D eigenvalue weighted by Crippen LogP contribution is -2.16. The first kappa shape index (κ1) is 18.9. The molecule has 4 rings (SSSR count). The number of nitrogens with one attached hydrogen (secondary N) is 1. The van der Waals surface area contributed by atoms with Gasteiger partial charge >= 0.3 is 0 Å². The smallest absolute Gasteiger partial charge is 0.259 e. The van der Waals surface area contributed by atoms with E-state index in [1.54, 1.807) is 30.5 Å². The normalized spacial score (nSPS) is 10.9. The average molecular weight is 414 g/mol. The highest BCUT2D eigenvalue weighted by molar-refractivity contribution is 7.12. The number of carbonyl (C=O) groups is 1. The molecule has 0 saturated heterocycles. The molecule has 0 unspecified atom stereocenters. The Balaban J connectivity index is 1.63. The van der Waals surface area contributed by atoms with Crippen molar-refractivity contribution in [3.8, 4) is 16.4 Å². The summed E-state index contributed by atoms with van der Waals surface area (Å²) in [4.78, 5) is 16.9. The summed E-state index contributed by atoms with van der Waals surface area (Å²) < 4.78 is 41.5. The maximum Gasteiger partial charge on any atom is 0.259 e. The molecule has 0 spiro atoms. The van der Waals surface area contributed by atoms with Gasteiger partial charge in [-0.15, -0.1) is 11.3 Å². The summed E-state index contributed by atoms with van der Waals surface area (Å²) in [5.41, 5.74) is 1.68. The fraction of sp³-hybridized carbons (Fsp3) is 0.0500. The minimum Gasteiger partial charge on any atom is -0.306 e. The fourth-order valence-corrected chi connectivity index (χ4v) is 3.50. The average Bonchev–Trinajstić information content (AvgIpc) is 3.29. The van der Waals surface area contributed by atoms with Crippen LogP contribution in [-0.2, 0) is 0 Å². The van der Waals surface area contributed by atoms with Gasteiger partial charge in [0.05, 0.1) is 17.0 Å². The van der Waals surface area contributed by atoms with Crippen LogP contribution in [0, 0.1) is 24.4 Å². The molecule has 0 radical (unpaired) electrons. The Morgan fingerprint density at radius 2 is 1.76 bits per heavy atom. The Hall–Kier alpha value is -3.46. The molecule has 0 aliphatic rings. The second kappa shape index (κ2) is 7.51. The fourth-order valence-electron chi connectivity index (χ4n) is 2.71. The number of rotatable bonds is 4. The van der Waals surface area contributed by atoms with Gasteiger partial charge in [0.2, 0.25) is 5.13 Å². The molecular formula is C20H13F3N4OS. The molecule has 0 aliphatic carbocycles. The molecule has 0 saturated carbocycles. The van der Waals surface area contributed by atoms with Gasteiger partial charge in [0.25, 0.3) is 5.91 Å². The van der Waals surface area contributed by atoms with Crippen LogP contribution >= 0.6 is 11.3 Å². The van der Waals surface area contributed by atoms with Crippen LogP contribution in [0.15, 0.2) is 53.9 Å². The van der Waals surface area contributed by atoms with E-state index in [1.165, 1.54) is 28.2 Å². The van der Waals surface area contributed by atoms with Crippen molar-refractivity contribution in [1.29, 1.82) is 0 Å². The number of hydrogen-bond donors (Lipinski definition) is 1. The quantitative estimate of drug-likeness (QED) is 0.513. The van der Waals surface area contributed by atoms with Crippen LogP contribution in [0.5, 0.6) is 0 Å². The Kier molecular flexibility index (Phi) is 4.89. The molecule has 2 aromatic heterocycles. The van der Waals surface area contributed by atoms with Crippen molar-refractivity contribution < 1.29 is 18.0 Å². The number of benzene rings is 2. The number of nitrogens with zero attached hydrogens (tertiary/aromatic N) is 3. The van der Waals surface area contributed by atoms with Crippen LogP contribution < -0.4 is 5.32 Å². The topological polar surface area (TPSA) is 59.8 Å². The third kappa shape index (κ3) is 3.90. The Morgan fingerprint density at radius 1 is 1.03 bits per heavy atom. The Labute approximate surface area is 167 Å². The minimum absolute atomic E-state index is 0.288. The summed E-state index contributed by atoms with van der Waals surface area (Å²) in [6.07, 6.45) is 0. The van der Waals surface area contributed by atoms with Gasteiger partial charge in [-0.1, -0.05) is 0 Å². The molecule has 2 heterocycles. The number of halogens is 3. The molecule has 0 atom stereocenters. The summed E-state index contributed by atoms with van der Waals surface area (Å²) in [6, 6.07) is 10.3. The van der Waals surface area contributed by atoms with Crippen molar-refractivity contribution >= 4 is 23.1 Å². The van der Waals surface area contributed by atoms with E-state index in [-0.39, 0.29) is 17.2 Å². The van der Waals surface area contributed by atoms with Crippen molar-refractivity contribution in [3.05, 3.63) is 82.6 Å². The number of aryl methyl sites for hydroxylation is 1. The largest absolute Gasteiger partial charge is 0.306 e. The molecule has 146 valence electrons. The molecule has 5 nitrogen and oxygen atoms in total. The van der Waals surface area contributed by atoms with Gasteiger partial charge in [-0.3, -0.25) is 4.79 Å². The van der Waals surface area contributed by atoms with Crippen molar-refractivity contribution in [2.45, 2.75) is 6.92 Å². The third-order valence-corrected chi connectivity index (χ3v) is 4.88. The predicted molar refractivity (Wildman–Crippen MR) is 104 cm³/mol. The van der Waals surface area contributed by atoms with Gasteiger partial charge in [0.15, 0.2) is 0 Å². The number of carbonyl (C=O) groups excluding carboxylic acids is 1. The molecule has 29 heavy (non-hydrogen) atoms. The Morgan fingerprint density at radius 3 is 2.48 bits per heavy atom. The van der Waals surface area contributed by atoms with Crippen LogP contribution in [0.1, 0.15) is 16.1 Å². The van der Waals surface area contributed by atoms with Gasteiger partial charge < -0.3 is 5.32 Å². The van der Waals surface area contributed by atoms with Crippen molar-refractivity contribution in [1.82, 2.24) is 14.8 Å². The highest BCUT2D eigenvalue weighted by Gasteiger charge is 2.18. The summed E-state index contributed by atoms with van der Waals surface area (Å²) in [5.74, 6) is -2.52. The van der Waals surface area contributed by atoms with Crippen molar-refractivity contribution in [2.24, 2.45) is 0 Å². The molecule has 0 bridgehead atoms. The second-order valence-electron chi connectivity index (χ2n) is 6.18. The molecule has 4 aromatic rings. The van der Waals surface area contributed by atoms with E-state index >= 15 is 0 Å². The van der Waals surface area contributed by atoms with E-state index in [1.807, 2.05) is 0 Å². The van der Waals surface area contributed by atoms with Gasteiger partial charge in [0, 0.05) is 23.1 Å². The molecule has 2 aromatic carbocycles. The Bertz CT molecular complexity index is 1200.